The third-order valence-corrected chi connectivity index (χ3v) is 4.04. The molecule has 0 aliphatic heterocycles. The van der Waals surface area contributed by atoms with Crippen molar-refractivity contribution >= 4 is 34.8 Å². The summed E-state index contributed by atoms with van der Waals surface area (Å²) in [4.78, 5) is 35.7. The Morgan fingerprint density at radius 3 is 2.52 bits per heavy atom. The van der Waals surface area contributed by atoms with Crippen LogP contribution in [0, 0.1) is 5.82 Å². The van der Waals surface area contributed by atoms with Gasteiger partial charge in [0.2, 0.25) is 0 Å². The van der Waals surface area contributed by atoms with Crippen LogP contribution in [0.25, 0.3) is 5.76 Å². The predicted octanol–water partition coefficient (Wildman–Crippen LogP) is 2.31. The van der Waals surface area contributed by atoms with E-state index in [-0.39, 0.29) is 22.9 Å². The molecule has 0 bridgehead atoms. The van der Waals surface area contributed by atoms with Crippen molar-refractivity contribution in [2.45, 2.75) is 26.2 Å². The first kappa shape index (κ1) is 17.1. The largest absolute Gasteiger partial charge is 0.506 e. The Labute approximate surface area is 137 Å². The van der Waals surface area contributed by atoms with Crippen LogP contribution in [-0.4, -0.2) is 29.1 Å². The Bertz CT molecular complexity index is 768. The summed E-state index contributed by atoms with van der Waals surface area (Å²) in [5.41, 5.74) is -1.31. The molecule has 0 fully saturated rings. The minimum atomic E-state index is -1.18. The monoisotopic (exact) mass is 339 g/mol. The number of carbonyl (C=O) groups excluding carboxylic acids is 3. The smallest absolute Gasteiger partial charge is 0.259 e. The summed E-state index contributed by atoms with van der Waals surface area (Å²) in [6, 6.07) is 2.25. The molecular formula is C16H15ClFNO4. The van der Waals surface area contributed by atoms with Gasteiger partial charge in [0.25, 0.3) is 5.91 Å². The fourth-order valence-electron chi connectivity index (χ4n) is 2.44. The molecule has 0 saturated heterocycles. The van der Waals surface area contributed by atoms with E-state index in [0.717, 1.165) is 6.07 Å². The molecule has 5 nitrogen and oxygen atoms in total. The van der Waals surface area contributed by atoms with Crippen molar-refractivity contribution in [1.29, 1.82) is 0 Å². The summed E-state index contributed by atoms with van der Waals surface area (Å²) in [6.45, 7) is 4.10. The number of rotatable bonds is 3. The van der Waals surface area contributed by atoms with Crippen LogP contribution in [0.2, 0.25) is 5.02 Å². The minimum absolute atomic E-state index is 0.0319. The van der Waals surface area contributed by atoms with E-state index in [9.17, 15) is 23.9 Å². The zero-order chi connectivity index (χ0) is 17.5. The van der Waals surface area contributed by atoms with Crippen molar-refractivity contribution in [3.8, 4) is 0 Å². The second-order valence-electron chi connectivity index (χ2n) is 5.87. The van der Waals surface area contributed by atoms with Gasteiger partial charge in [0.15, 0.2) is 5.78 Å². The van der Waals surface area contributed by atoms with Crippen molar-refractivity contribution in [3.05, 3.63) is 39.7 Å². The van der Waals surface area contributed by atoms with Gasteiger partial charge in [-0.25, -0.2) is 4.39 Å². The van der Waals surface area contributed by atoms with Crippen LogP contribution in [0.1, 0.15) is 31.9 Å². The highest BCUT2D eigenvalue weighted by Gasteiger charge is 2.43. The highest BCUT2D eigenvalue weighted by atomic mass is 35.5. The molecule has 0 saturated carbocycles. The number of aliphatic hydroxyl groups excluding tert-OH is 1. The summed E-state index contributed by atoms with van der Waals surface area (Å²) < 4.78 is 13.7. The molecule has 0 atom stereocenters. The van der Waals surface area contributed by atoms with Crippen LogP contribution in [0.15, 0.2) is 17.7 Å². The highest BCUT2D eigenvalue weighted by Crippen LogP contribution is 2.41. The molecule has 2 N–H and O–H groups in total. The van der Waals surface area contributed by atoms with Gasteiger partial charge in [-0.1, -0.05) is 11.6 Å². The maximum Gasteiger partial charge on any atom is 0.259 e. The number of amides is 1. The molecular weight excluding hydrogens is 325 g/mol. The fraction of sp³-hybridized carbons (Fsp3) is 0.312. The maximum atomic E-state index is 13.7. The highest BCUT2D eigenvalue weighted by molar-refractivity contribution is 6.32. The molecule has 0 aromatic heterocycles. The van der Waals surface area contributed by atoms with Gasteiger partial charge in [-0.15, -0.1) is 0 Å². The lowest BCUT2D eigenvalue weighted by Crippen LogP contribution is -2.42. The number of Topliss-reactive ketones (excluding diaryl/α,β-unsaturated/α-hetero) is 2. The van der Waals surface area contributed by atoms with Gasteiger partial charge in [-0.3, -0.25) is 14.4 Å². The predicted molar refractivity (Wildman–Crippen MR) is 82.7 cm³/mol. The van der Waals surface area contributed by atoms with Gasteiger partial charge in [0.05, 0.1) is 17.0 Å². The lowest BCUT2D eigenvalue weighted by atomic mass is 9.71. The first-order chi connectivity index (χ1) is 10.6. The average molecular weight is 340 g/mol. The summed E-state index contributed by atoms with van der Waals surface area (Å²) >= 11 is 5.75. The number of nitrogens with one attached hydrogen (secondary N) is 1. The van der Waals surface area contributed by atoms with Crippen molar-refractivity contribution in [1.82, 2.24) is 5.32 Å². The van der Waals surface area contributed by atoms with E-state index in [1.54, 1.807) is 13.8 Å². The second kappa shape index (κ2) is 5.77. The lowest BCUT2D eigenvalue weighted by Gasteiger charge is -2.32. The van der Waals surface area contributed by atoms with E-state index in [0.29, 0.717) is 5.56 Å². The molecule has 1 aliphatic carbocycles. The molecule has 0 heterocycles. The van der Waals surface area contributed by atoms with Gasteiger partial charge in [0.1, 0.15) is 22.9 Å². The van der Waals surface area contributed by atoms with Gasteiger partial charge in [0, 0.05) is 5.56 Å². The number of ketones is 2. The summed E-state index contributed by atoms with van der Waals surface area (Å²) in [6.07, 6.45) is 0. The van der Waals surface area contributed by atoms with Crippen LogP contribution >= 0.6 is 11.6 Å². The van der Waals surface area contributed by atoms with Crippen LogP contribution in [0.3, 0.4) is 0 Å². The van der Waals surface area contributed by atoms with Gasteiger partial charge >= 0.3 is 0 Å². The van der Waals surface area contributed by atoms with E-state index in [2.05, 4.69) is 5.32 Å². The normalized spacial score (nSPS) is 16.1. The molecule has 1 aromatic carbocycles. The Balaban J connectivity index is 2.62. The molecule has 0 radical (unpaired) electrons. The molecule has 1 amide bonds. The summed E-state index contributed by atoms with van der Waals surface area (Å²) in [5.74, 6) is -3.21. The molecule has 1 aliphatic rings. The maximum absolute atomic E-state index is 13.7. The lowest BCUT2D eigenvalue weighted by molar-refractivity contribution is -0.126. The van der Waals surface area contributed by atoms with Crippen LogP contribution in [0.5, 0.6) is 0 Å². The van der Waals surface area contributed by atoms with E-state index < -0.39 is 34.3 Å². The number of fused-ring (bicyclic) bond motifs is 1. The number of aliphatic hydroxyl groups is 1. The molecule has 1 aromatic rings. The molecule has 2 rings (SSSR count). The standard InChI is InChI=1S/C16H15ClFNO4/c1-7(20)6-19-15(23)12-13(21)8-4-11(18)10(17)5-9(8)16(2,3)14(12)22/h4-5,21H,6H2,1-3H3,(H,19,23). The van der Waals surface area contributed by atoms with Gasteiger partial charge < -0.3 is 10.4 Å². The van der Waals surface area contributed by atoms with E-state index in [1.807, 2.05) is 0 Å². The molecule has 122 valence electrons. The Hall–Kier alpha value is -2.21. The van der Waals surface area contributed by atoms with Crippen LogP contribution in [0.4, 0.5) is 4.39 Å². The first-order valence-corrected chi connectivity index (χ1v) is 7.20. The van der Waals surface area contributed by atoms with Crippen LogP contribution < -0.4 is 5.32 Å². The van der Waals surface area contributed by atoms with Crippen molar-refractivity contribution in [2.24, 2.45) is 0 Å². The quantitative estimate of drug-likeness (QED) is 0.828. The molecule has 0 unspecified atom stereocenters. The Morgan fingerprint density at radius 1 is 1.35 bits per heavy atom. The zero-order valence-corrected chi connectivity index (χ0v) is 13.5. The van der Waals surface area contributed by atoms with Crippen molar-refractivity contribution in [3.63, 3.8) is 0 Å². The van der Waals surface area contributed by atoms with Crippen LogP contribution in [-0.2, 0) is 19.8 Å². The number of hydrogen-bond acceptors (Lipinski definition) is 4. The SMILES string of the molecule is CC(=O)CNC(=O)C1=C(O)c2cc(F)c(Cl)cc2C(C)(C)C1=O. The summed E-state index contributed by atoms with van der Waals surface area (Å²) in [5, 5.41) is 12.4. The Morgan fingerprint density at radius 2 is 1.96 bits per heavy atom. The minimum Gasteiger partial charge on any atom is -0.506 e. The van der Waals surface area contributed by atoms with Gasteiger partial charge in [-0.2, -0.15) is 0 Å². The zero-order valence-electron chi connectivity index (χ0n) is 12.8. The number of carbonyl (C=O) groups is 3. The fourth-order valence-corrected chi connectivity index (χ4v) is 2.60. The van der Waals surface area contributed by atoms with Crippen molar-refractivity contribution < 1.29 is 23.9 Å². The Kier molecular flexibility index (Phi) is 4.30. The van der Waals surface area contributed by atoms with Crippen molar-refractivity contribution in [2.75, 3.05) is 6.54 Å². The first-order valence-electron chi connectivity index (χ1n) is 6.83. The average Bonchev–Trinajstić information content (AvgIpc) is 2.45. The van der Waals surface area contributed by atoms with E-state index in [1.165, 1.54) is 13.0 Å². The molecule has 7 heteroatoms. The second-order valence-corrected chi connectivity index (χ2v) is 6.28. The molecule has 23 heavy (non-hydrogen) atoms. The number of halogens is 2. The third kappa shape index (κ3) is 2.86. The van der Waals surface area contributed by atoms with Gasteiger partial charge in [-0.05, 0) is 38.5 Å². The van der Waals surface area contributed by atoms with E-state index >= 15 is 0 Å². The topological polar surface area (TPSA) is 83.5 Å². The third-order valence-electron chi connectivity index (χ3n) is 3.75. The number of hydrogen-bond donors (Lipinski definition) is 2. The summed E-state index contributed by atoms with van der Waals surface area (Å²) in [7, 11) is 0. The molecule has 0 spiro atoms. The van der Waals surface area contributed by atoms with E-state index in [4.69, 9.17) is 11.6 Å². The number of benzene rings is 1.